The topological polar surface area (TPSA) is 0 Å². The second-order valence-electron chi connectivity index (χ2n) is 38.3. The Morgan fingerprint density at radius 2 is 0.500 bits per heavy atom. The maximum absolute atomic E-state index is 15.4. The van der Waals surface area contributed by atoms with Crippen LogP contribution >= 0.6 is 0 Å². The van der Waals surface area contributed by atoms with E-state index in [1.807, 2.05) is 27.7 Å². The molecule has 1 atom stereocenters. The van der Waals surface area contributed by atoms with Gasteiger partial charge in [0.15, 0.2) is 0 Å². The Kier molecular flexibility index (Phi) is 51.3. The van der Waals surface area contributed by atoms with Crippen LogP contribution in [0.3, 0.4) is 0 Å². The molecule has 1 unspecified atom stereocenters. The summed E-state index contributed by atoms with van der Waals surface area (Å²) in [7, 11) is 0. The molecule has 0 aromatic rings. The Hall–Kier alpha value is -0.490. The Morgan fingerprint density at radius 3 is 0.638 bits per heavy atom. The first-order valence-electron chi connectivity index (χ1n) is 39.7. The van der Waals surface area contributed by atoms with E-state index in [2.05, 4.69) is 222 Å². The molecule has 0 spiro atoms. The van der Waals surface area contributed by atoms with E-state index in [9.17, 15) is 22.0 Å². The van der Waals surface area contributed by atoms with Crippen LogP contribution in [-0.2, 0) is 0 Å². The number of rotatable bonds is 22. The fourth-order valence-electron chi connectivity index (χ4n) is 15.7. The highest BCUT2D eigenvalue weighted by atomic mass is 19.2. The summed E-state index contributed by atoms with van der Waals surface area (Å²) in [5.41, 5.74) is -5.63. The zero-order valence-corrected chi connectivity index (χ0v) is 72.1. The van der Waals surface area contributed by atoms with Crippen molar-refractivity contribution in [1.29, 1.82) is 0 Å². The minimum absolute atomic E-state index is 0.0994. The lowest BCUT2D eigenvalue weighted by atomic mass is 9.57. The predicted molar refractivity (Wildman–Crippen MR) is 415 cm³/mol. The Morgan fingerprint density at radius 1 is 0.298 bits per heavy atom. The van der Waals surface area contributed by atoms with E-state index in [1.165, 1.54) is 12.8 Å². The summed E-state index contributed by atoms with van der Waals surface area (Å²) in [6.07, 6.45) is 21.1. The van der Waals surface area contributed by atoms with E-state index >= 15 is 8.78 Å². The first-order valence-corrected chi connectivity index (χ1v) is 39.7. The fourth-order valence-corrected chi connectivity index (χ4v) is 15.7. The molecule has 94 heavy (non-hydrogen) atoms. The molecule has 3 fully saturated rings. The summed E-state index contributed by atoms with van der Waals surface area (Å²) in [6.45, 7) is 85.1. The second-order valence-corrected chi connectivity index (χ2v) is 38.3. The molecule has 0 nitrogen and oxygen atoms in total. The third kappa shape index (κ3) is 42.1. The molecule has 3 aliphatic carbocycles. The van der Waals surface area contributed by atoms with Crippen LogP contribution in [0.5, 0.6) is 0 Å². The predicted octanol–water partition coefficient (Wildman–Crippen LogP) is 32.6. The van der Waals surface area contributed by atoms with Gasteiger partial charge in [-0.1, -0.05) is 300 Å². The summed E-state index contributed by atoms with van der Waals surface area (Å²) >= 11 is 0. The van der Waals surface area contributed by atoms with Gasteiger partial charge in [-0.2, -0.15) is 0 Å². The molecule has 0 heterocycles. The number of alkyl halides is 7. The van der Waals surface area contributed by atoms with E-state index in [4.69, 9.17) is 0 Å². The fraction of sp³-hybridized carbons (Fsp3) is 1.00. The molecule has 0 aliphatic heterocycles. The molecule has 0 radical (unpaired) electrons. The van der Waals surface area contributed by atoms with Crippen LogP contribution < -0.4 is 0 Å². The average Bonchev–Trinajstić information content (AvgIpc) is 0.826. The number of hydrogen-bond acceptors (Lipinski definition) is 0. The highest BCUT2D eigenvalue weighted by Crippen LogP contribution is 2.54. The normalized spacial score (nSPS) is 18.1. The minimum Gasteiger partial charge on any atom is -0.244 e. The van der Waals surface area contributed by atoms with Crippen molar-refractivity contribution in [2.24, 2.45) is 98.1 Å². The molecule has 0 N–H and O–H groups in total. The largest absolute Gasteiger partial charge is 0.244 e. The molecule has 0 aromatic heterocycles. The third-order valence-electron chi connectivity index (χ3n) is 23.6. The molecule has 7 heteroatoms. The van der Waals surface area contributed by atoms with Crippen LogP contribution in [0.4, 0.5) is 30.7 Å². The van der Waals surface area contributed by atoms with Gasteiger partial charge in [-0.25, -0.2) is 30.7 Å². The second kappa shape index (κ2) is 46.2. The molecule has 576 valence electrons. The van der Waals surface area contributed by atoms with Crippen LogP contribution in [-0.4, -0.2) is 39.7 Å². The van der Waals surface area contributed by atoms with Gasteiger partial charge in [0.1, 0.15) is 39.7 Å². The average molecular weight is 1360 g/mol. The Balaban J connectivity index is -0.000000237. The molecule has 3 aliphatic rings. The van der Waals surface area contributed by atoms with E-state index in [0.717, 1.165) is 128 Å². The van der Waals surface area contributed by atoms with E-state index in [1.54, 1.807) is 34.6 Å². The lowest BCUT2D eigenvalue weighted by Crippen LogP contribution is -2.51. The zero-order valence-electron chi connectivity index (χ0n) is 72.1. The molecular formula is C87H179F7. The molecule has 3 saturated carbocycles. The zero-order chi connectivity index (χ0) is 76.5. The SMILES string of the molecule is CC(C)(C)C.CC(C)C(C(C)C)C(C)(F)C(C(C)C)C(C)C.CC(C)C(C(C)C)C(C)(F)C(C)C.CC1(C)CCC(C)(F)CC1.CC1(F)CCCC1.CC1(F)CCCCC1.CCC(C)(C)C.CCC(C)(CC)C(C)(F)C(C)(CC)CC.CCC(CC)C(C)(F)C(CC)CC. The summed E-state index contributed by atoms with van der Waals surface area (Å²) in [4.78, 5) is 0. The van der Waals surface area contributed by atoms with Gasteiger partial charge in [0.2, 0.25) is 0 Å². The van der Waals surface area contributed by atoms with Gasteiger partial charge >= 0.3 is 0 Å². The van der Waals surface area contributed by atoms with Crippen molar-refractivity contribution in [3.8, 4) is 0 Å². The molecule has 0 amide bonds. The van der Waals surface area contributed by atoms with Gasteiger partial charge in [-0.15, -0.1) is 0 Å². The Bertz CT molecular complexity index is 1640. The summed E-state index contributed by atoms with van der Waals surface area (Å²) < 4.78 is 98.1. The Labute approximate surface area is 590 Å². The van der Waals surface area contributed by atoms with Crippen LogP contribution in [0.2, 0.25) is 0 Å². The highest BCUT2D eigenvalue weighted by Gasteiger charge is 2.53. The van der Waals surface area contributed by atoms with Gasteiger partial charge in [-0.3, -0.25) is 0 Å². The first kappa shape index (κ1) is 105. The first-order chi connectivity index (χ1) is 41.9. The standard InChI is InChI=1S/C16H33F.C14H29F.2C12H25F.C9H17F.C7H13F.C6H11F.C6H14.C5H12/c1-10(2)14(11(3)4)16(9,17)15(12(5)6)13(7)8;1-8-12(5,9-2)14(7,15)13(6,10-3)11-4;1-8(2)11(9(3)4)12(7,13)10(5)6;1-6-10(7-2)12(5,13)11(8-3)9-4;1-8(2)4-6-9(3,10)7-5-8;1-7(8)5-3-2-4-6-7;1-6(7)4-2-3-5-6;1-5-6(2,3)4;1-5(2,3)4/h10-15H,1-9H3;8-11H2,1-7H3;8-11H,1-7H3;10-11H,6-9H2,1-5H3;4-7H2,1-3H3;2-6H2,1H3;2-5H2,1H3;5H2,1-4H3;1-4H3. The van der Waals surface area contributed by atoms with Crippen LogP contribution in [0, 0.1) is 98.1 Å². The van der Waals surface area contributed by atoms with E-state index in [-0.39, 0.29) is 46.3 Å². The highest BCUT2D eigenvalue weighted by molar-refractivity contribution is 5.02. The molecular weight excluding hydrogens is 1180 g/mol. The minimum atomic E-state index is -1.09. The lowest BCUT2D eigenvalue weighted by Gasteiger charge is -2.51. The van der Waals surface area contributed by atoms with Crippen LogP contribution in [0.25, 0.3) is 0 Å². The molecule has 3 rings (SSSR count). The molecule has 0 aromatic carbocycles. The summed E-state index contributed by atoms with van der Waals surface area (Å²) in [5, 5.41) is 0. The van der Waals surface area contributed by atoms with Crippen molar-refractivity contribution in [2.45, 2.75) is 465 Å². The molecule has 0 bridgehead atoms. The van der Waals surface area contributed by atoms with Gasteiger partial charge in [0.05, 0.1) is 0 Å². The van der Waals surface area contributed by atoms with Gasteiger partial charge < -0.3 is 0 Å². The van der Waals surface area contributed by atoms with Crippen molar-refractivity contribution >= 4 is 0 Å². The smallest absolute Gasteiger partial charge is 0.118 e. The maximum atomic E-state index is 15.4. The van der Waals surface area contributed by atoms with Gasteiger partial charge in [0, 0.05) is 10.8 Å². The number of halogens is 7. The van der Waals surface area contributed by atoms with Crippen molar-refractivity contribution in [3.05, 3.63) is 0 Å². The molecule has 0 saturated heterocycles. The third-order valence-corrected chi connectivity index (χ3v) is 23.6. The lowest BCUT2D eigenvalue weighted by molar-refractivity contribution is -0.0946. The monoisotopic (exact) mass is 1360 g/mol. The summed E-state index contributed by atoms with van der Waals surface area (Å²) in [5.74, 6) is 3.40. The van der Waals surface area contributed by atoms with E-state index in [0.29, 0.717) is 51.8 Å². The quantitative estimate of drug-likeness (QED) is 0.0948. The van der Waals surface area contributed by atoms with Crippen molar-refractivity contribution in [1.82, 2.24) is 0 Å². The van der Waals surface area contributed by atoms with Crippen molar-refractivity contribution < 1.29 is 30.7 Å². The summed E-state index contributed by atoms with van der Waals surface area (Å²) in [6, 6.07) is 0. The van der Waals surface area contributed by atoms with Gasteiger partial charge in [0.25, 0.3) is 0 Å². The van der Waals surface area contributed by atoms with Crippen LogP contribution in [0.15, 0.2) is 0 Å². The van der Waals surface area contributed by atoms with Crippen LogP contribution in [0.1, 0.15) is 425 Å². The van der Waals surface area contributed by atoms with Crippen molar-refractivity contribution in [3.63, 3.8) is 0 Å². The maximum Gasteiger partial charge on any atom is 0.118 e. The van der Waals surface area contributed by atoms with Gasteiger partial charge in [-0.05, 0) is 213 Å². The number of hydrogen-bond donors (Lipinski definition) is 0. The van der Waals surface area contributed by atoms with Crippen molar-refractivity contribution in [2.75, 3.05) is 0 Å². The van der Waals surface area contributed by atoms with E-state index < -0.39 is 39.7 Å².